The molecule has 2 fully saturated rings. The predicted molar refractivity (Wildman–Crippen MR) is 243 cm³/mol. The first kappa shape index (κ1) is 43.6. The van der Waals surface area contributed by atoms with Crippen LogP contribution in [-0.4, -0.2) is 93.7 Å². The van der Waals surface area contributed by atoms with Crippen LogP contribution >= 0.6 is 0 Å². The SMILES string of the molecule is CC(C)c1c(Cc2cc(OCCN3CCOCC3)ccn2)c([C](C(Cc2ccccc2)c2ccccc2)C(C)(C)C)cc(Cc2ccccc2)c1OCCN1CCOCC1. The van der Waals surface area contributed by atoms with Gasteiger partial charge in [0.25, 0.3) is 0 Å². The Morgan fingerprint density at radius 1 is 0.683 bits per heavy atom. The van der Waals surface area contributed by atoms with Gasteiger partial charge >= 0.3 is 0 Å². The maximum absolute atomic E-state index is 7.13. The van der Waals surface area contributed by atoms with E-state index >= 15 is 0 Å². The quantitative estimate of drug-likeness (QED) is 0.0874. The molecule has 1 atom stereocenters. The molecule has 0 N–H and O–H groups in total. The van der Waals surface area contributed by atoms with Crippen LogP contribution in [0.1, 0.15) is 91.1 Å². The van der Waals surface area contributed by atoms with Crippen molar-refractivity contribution in [3.63, 3.8) is 0 Å². The van der Waals surface area contributed by atoms with Crippen molar-refractivity contribution >= 4 is 0 Å². The van der Waals surface area contributed by atoms with Gasteiger partial charge in [0.15, 0.2) is 0 Å². The topological polar surface area (TPSA) is 56.3 Å². The minimum atomic E-state index is -0.182. The van der Waals surface area contributed by atoms with Crippen molar-refractivity contribution in [3.05, 3.63) is 166 Å². The van der Waals surface area contributed by atoms with Crippen LogP contribution in [0.4, 0.5) is 0 Å². The molecule has 0 amide bonds. The second kappa shape index (κ2) is 21.3. The first-order valence-electron chi connectivity index (χ1n) is 22.2. The maximum Gasteiger partial charge on any atom is 0.126 e. The van der Waals surface area contributed by atoms with Crippen molar-refractivity contribution in [3.8, 4) is 11.5 Å². The Bertz CT molecular complexity index is 2040. The lowest BCUT2D eigenvalue weighted by molar-refractivity contribution is 0.0321. The minimum absolute atomic E-state index is 0.132. The van der Waals surface area contributed by atoms with Crippen LogP contribution in [0.2, 0.25) is 0 Å². The summed E-state index contributed by atoms with van der Waals surface area (Å²) < 4.78 is 24.8. The third-order valence-electron chi connectivity index (χ3n) is 11.9. The molecule has 7 rings (SSSR count). The Labute approximate surface area is 360 Å². The van der Waals surface area contributed by atoms with E-state index in [0.29, 0.717) is 19.6 Å². The molecule has 7 heteroatoms. The van der Waals surface area contributed by atoms with Gasteiger partial charge in [-0.1, -0.05) is 132 Å². The molecule has 0 spiro atoms. The average Bonchev–Trinajstić information content (AvgIpc) is 3.26. The van der Waals surface area contributed by atoms with Gasteiger partial charge in [-0.25, -0.2) is 0 Å². The van der Waals surface area contributed by atoms with Gasteiger partial charge in [-0.15, -0.1) is 0 Å². The third-order valence-corrected chi connectivity index (χ3v) is 11.9. The van der Waals surface area contributed by atoms with Crippen LogP contribution in [0.5, 0.6) is 11.5 Å². The second-order valence-corrected chi connectivity index (χ2v) is 17.7. The number of morpholine rings is 2. The molecule has 60 heavy (non-hydrogen) atoms. The van der Waals surface area contributed by atoms with Gasteiger partial charge in [0.2, 0.25) is 0 Å². The van der Waals surface area contributed by atoms with Crippen LogP contribution in [0.15, 0.2) is 115 Å². The van der Waals surface area contributed by atoms with E-state index in [9.17, 15) is 0 Å². The summed E-state index contributed by atoms with van der Waals surface area (Å²) in [6, 6.07) is 39.7. The van der Waals surface area contributed by atoms with Gasteiger partial charge in [-0.2, -0.15) is 0 Å². The number of pyridine rings is 1. The summed E-state index contributed by atoms with van der Waals surface area (Å²) in [6.07, 6.45) is 4.23. The van der Waals surface area contributed by atoms with E-state index in [1.165, 1.54) is 44.9 Å². The van der Waals surface area contributed by atoms with Crippen molar-refractivity contribution in [2.24, 2.45) is 5.41 Å². The second-order valence-electron chi connectivity index (χ2n) is 17.7. The Morgan fingerprint density at radius 3 is 1.83 bits per heavy atom. The number of rotatable bonds is 18. The number of aromatic nitrogens is 1. The number of nitrogens with zero attached hydrogens (tertiary/aromatic N) is 3. The number of ether oxygens (including phenoxy) is 4. The molecule has 0 aliphatic carbocycles. The van der Waals surface area contributed by atoms with Gasteiger partial charge in [-0.05, 0) is 63.1 Å². The summed E-state index contributed by atoms with van der Waals surface area (Å²) in [4.78, 5) is 9.90. The summed E-state index contributed by atoms with van der Waals surface area (Å²) in [5.74, 6) is 3.63. The molecule has 317 valence electrons. The van der Waals surface area contributed by atoms with Crippen molar-refractivity contribution < 1.29 is 18.9 Å². The highest BCUT2D eigenvalue weighted by atomic mass is 16.5. The molecule has 2 aliphatic rings. The van der Waals surface area contributed by atoms with E-state index in [1.54, 1.807) is 0 Å². The van der Waals surface area contributed by atoms with Crippen LogP contribution in [0, 0.1) is 11.3 Å². The van der Waals surface area contributed by atoms with E-state index in [4.69, 9.17) is 23.9 Å². The van der Waals surface area contributed by atoms with E-state index in [1.807, 2.05) is 12.3 Å². The Morgan fingerprint density at radius 2 is 1.25 bits per heavy atom. The molecular weight excluding hydrogens is 743 g/mol. The molecule has 7 nitrogen and oxygen atoms in total. The molecule has 2 aliphatic heterocycles. The Kier molecular flexibility index (Phi) is 15.5. The fraction of sp³-hybridized carbons (Fsp3) is 0.434. The predicted octanol–water partition coefficient (Wildman–Crippen LogP) is 9.80. The smallest absolute Gasteiger partial charge is 0.126 e. The van der Waals surface area contributed by atoms with Gasteiger partial charge in [-0.3, -0.25) is 14.8 Å². The van der Waals surface area contributed by atoms with Crippen LogP contribution in [0.25, 0.3) is 0 Å². The zero-order chi connectivity index (χ0) is 41.7. The molecule has 1 aromatic heterocycles. The highest BCUT2D eigenvalue weighted by molar-refractivity contribution is 5.60. The summed E-state index contributed by atoms with van der Waals surface area (Å²) in [6.45, 7) is 21.7. The Hall–Kier alpha value is -4.53. The van der Waals surface area contributed by atoms with Crippen molar-refractivity contribution in [1.29, 1.82) is 0 Å². The average molecular weight is 809 g/mol. The van der Waals surface area contributed by atoms with E-state index in [-0.39, 0.29) is 17.3 Å². The number of hydrogen-bond acceptors (Lipinski definition) is 7. The molecule has 0 saturated carbocycles. The van der Waals surface area contributed by atoms with E-state index in [0.717, 1.165) is 95.7 Å². The Balaban J connectivity index is 1.37. The molecular formula is C53H66N3O4. The third kappa shape index (κ3) is 11.8. The summed E-state index contributed by atoms with van der Waals surface area (Å²) >= 11 is 0. The lowest BCUT2D eigenvalue weighted by Crippen LogP contribution is -2.38. The fourth-order valence-electron chi connectivity index (χ4n) is 9.02. The normalized spacial score (nSPS) is 16.0. The molecule has 3 heterocycles. The minimum Gasteiger partial charge on any atom is -0.492 e. The summed E-state index contributed by atoms with van der Waals surface area (Å²) in [5, 5.41) is 0. The standard InChI is InChI=1S/C53H66N3O4/c1-40(2)50-48(39-45-38-46(21-22-54-45)59-33-27-55-23-29-57-30-24-55)49(51(53(3,4)5)47(43-19-13-8-14-20-43)36-42-17-11-7-12-18-42)37-44(35-41-15-9-6-10-16-41)52(50)60-34-28-56-25-31-58-32-26-56/h6-22,37-38,40,47H,23-36,39H2,1-5H3. The first-order chi connectivity index (χ1) is 29.2. The van der Waals surface area contributed by atoms with Crippen molar-refractivity contribution in [1.82, 2.24) is 14.8 Å². The van der Waals surface area contributed by atoms with E-state index < -0.39 is 0 Å². The van der Waals surface area contributed by atoms with Crippen LogP contribution < -0.4 is 9.47 Å². The molecule has 0 bridgehead atoms. The largest absolute Gasteiger partial charge is 0.492 e. The first-order valence-corrected chi connectivity index (χ1v) is 22.2. The van der Waals surface area contributed by atoms with Gasteiger partial charge < -0.3 is 18.9 Å². The van der Waals surface area contributed by atoms with Crippen molar-refractivity contribution in [2.75, 3.05) is 78.9 Å². The lowest BCUT2D eigenvalue weighted by Gasteiger charge is -2.40. The van der Waals surface area contributed by atoms with Gasteiger partial charge in [0.05, 0.1) is 26.4 Å². The molecule has 1 radical (unpaired) electrons. The van der Waals surface area contributed by atoms with E-state index in [2.05, 4.69) is 148 Å². The van der Waals surface area contributed by atoms with Crippen molar-refractivity contribution in [2.45, 2.75) is 65.7 Å². The fourth-order valence-corrected chi connectivity index (χ4v) is 9.02. The maximum atomic E-state index is 7.13. The molecule has 1 unspecified atom stereocenters. The van der Waals surface area contributed by atoms with Gasteiger partial charge in [0.1, 0.15) is 24.7 Å². The number of benzene rings is 4. The van der Waals surface area contributed by atoms with Crippen LogP contribution in [-0.2, 0) is 28.7 Å². The zero-order valence-corrected chi connectivity index (χ0v) is 36.7. The zero-order valence-electron chi connectivity index (χ0n) is 36.7. The molecule has 2 saturated heterocycles. The highest BCUT2D eigenvalue weighted by Gasteiger charge is 2.39. The lowest BCUT2D eigenvalue weighted by atomic mass is 9.63. The van der Waals surface area contributed by atoms with Gasteiger partial charge in [0, 0.05) is 81.5 Å². The monoisotopic (exact) mass is 809 g/mol. The number of hydrogen-bond donors (Lipinski definition) is 0. The highest BCUT2D eigenvalue weighted by Crippen LogP contribution is 2.50. The molecule has 5 aromatic rings. The summed E-state index contributed by atoms with van der Waals surface area (Å²) in [5.41, 5.74) is 9.84. The molecule has 4 aromatic carbocycles. The van der Waals surface area contributed by atoms with Crippen LogP contribution in [0.3, 0.4) is 0 Å². The summed E-state index contributed by atoms with van der Waals surface area (Å²) in [7, 11) is 0.